The summed E-state index contributed by atoms with van der Waals surface area (Å²) in [6.07, 6.45) is 3.37. The van der Waals surface area contributed by atoms with E-state index in [4.69, 9.17) is 5.11 Å². The first kappa shape index (κ1) is 12.1. The molecule has 0 fully saturated rings. The molecule has 2 aromatic rings. The van der Waals surface area contributed by atoms with Gasteiger partial charge in [-0.25, -0.2) is 9.37 Å². The Kier molecular flexibility index (Phi) is 3.75. The summed E-state index contributed by atoms with van der Waals surface area (Å²) in [4.78, 5) is 4.88. The quantitative estimate of drug-likeness (QED) is 0.844. The van der Waals surface area contributed by atoms with Crippen molar-refractivity contribution in [3.63, 3.8) is 0 Å². The first-order valence-corrected chi connectivity index (χ1v) is 6.31. The van der Waals surface area contributed by atoms with E-state index in [1.54, 1.807) is 6.07 Å². The Morgan fingerprint density at radius 3 is 2.94 bits per heavy atom. The Morgan fingerprint density at radius 2 is 2.29 bits per heavy atom. The molecule has 0 aliphatic carbocycles. The molecule has 0 amide bonds. The predicted octanol–water partition coefficient (Wildman–Crippen LogP) is 1.80. The van der Waals surface area contributed by atoms with Crippen molar-refractivity contribution in [2.45, 2.75) is 11.4 Å². The van der Waals surface area contributed by atoms with Crippen molar-refractivity contribution in [1.82, 2.24) is 14.8 Å². The molecule has 0 aliphatic heterocycles. The summed E-state index contributed by atoms with van der Waals surface area (Å²) in [5.74, 6) is 0.00204. The van der Waals surface area contributed by atoms with Crippen LogP contribution >= 0.6 is 11.8 Å². The predicted molar refractivity (Wildman–Crippen MR) is 64.3 cm³/mol. The van der Waals surface area contributed by atoms with Crippen molar-refractivity contribution in [3.8, 4) is 11.4 Å². The lowest BCUT2D eigenvalue weighted by Gasteiger charge is -2.01. The van der Waals surface area contributed by atoms with Crippen LogP contribution in [0.2, 0.25) is 0 Å². The summed E-state index contributed by atoms with van der Waals surface area (Å²) in [5.41, 5.74) is 0.375. The molecule has 0 aliphatic rings. The first-order chi connectivity index (χ1) is 8.24. The molecule has 17 heavy (non-hydrogen) atoms. The highest BCUT2D eigenvalue weighted by Crippen LogP contribution is 2.23. The Bertz CT molecular complexity index is 515. The summed E-state index contributed by atoms with van der Waals surface area (Å²) in [6, 6.07) is 4.96. The first-order valence-electron chi connectivity index (χ1n) is 5.09. The molecule has 0 unspecified atom stereocenters. The Hall–Kier alpha value is -1.40. The maximum Gasteiger partial charge on any atom is 0.184 e. The van der Waals surface area contributed by atoms with E-state index in [1.807, 2.05) is 12.3 Å². The number of rotatable bonds is 4. The third-order valence-corrected chi connectivity index (χ3v) is 3.01. The zero-order valence-corrected chi connectivity index (χ0v) is 10.1. The van der Waals surface area contributed by atoms with Gasteiger partial charge in [0.2, 0.25) is 0 Å². The normalized spacial score (nSPS) is 10.8. The lowest BCUT2D eigenvalue weighted by molar-refractivity contribution is 0.269. The monoisotopic (exact) mass is 253 g/mol. The molecule has 0 radical (unpaired) electrons. The van der Waals surface area contributed by atoms with Gasteiger partial charge in [-0.2, -0.15) is 5.10 Å². The Morgan fingerprint density at radius 1 is 1.47 bits per heavy atom. The average molecular weight is 253 g/mol. The number of halogens is 1. The smallest absolute Gasteiger partial charge is 0.184 e. The van der Waals surface area contributed by atoms with E-state index in [0.29, 0.717) is 17.9 Å². The average Bonchev–Trinajstić information content (AvgIpc) is 2.78. The second kappa shape index (κ2) is 5.29. The summed E-state index contributed by atoms with van der Waals surface area (Å²) in [7, 11) is 0. The van der Waals surface area contributed by atoms with Crippen LogP contribution in [0.4, 0.5) is 4.39 Å². The van der Waals surface area contributed by atoms with E-state index in [-0.39, 0.29) is 12.4 Å². The number of benzene rings is 1. The van der Waals surface area contributed by atoms with Crippen LogP contribution in [0.3, 0.4) is 0 Å². The van der Waals surface area contributed by atoms with E-state index in [1.165, 1.54) is 28.8 Å². The maximum absolute atomic E-state index is 13.8. The molecule has 1 N–H and O–H groups in total. The number of aliphatic hydroxyl groups excluding tert-OH is 1. The molecule has 90 valence electrons. The summed E-state index contributed by atoms with van der Waals surface area (Å²) < 4.78 is 15.2. The summed E-state index contributed by atoms with van der Waals surface area (Å²) in [5, 5.41) is 12.8. The Balaban J connectivity index is 2.32. The van der Waals surface area contributed by atoms with E-state index in [2.05, 4.69) is 10.1 Å². The molecule has 0 saturated heterocycles. The van der Waals surface area contributed by atoms with Crippen LogP contribution < -0.4 is 0 Å². The van der Waals surface area contributed by atoms with Gasteiger partial charge in [0, 0.05) is 4.90 Å². The van der Waals surface area contributed by atoms with Gasteiger partial charge < -0.3 is 5.11 Å². The van der Waals surface area contributed by atoms with Crippen LogP contribution in [0.1, 0.15) is 0 Å². The highest BCUT2D eigenvalue weighted by Gasteiger charge is 2.10. The maximum atomic E-state index is 13.8. The molecule has 1 heterocycles. The third kappa shape index (κ3) is 2.65. The number of thioether (sulfide) groups is 1. The highest BCUT2D eigenvalue weighted by atomic mass is 32.2. The fraction of sp³-hybridized carbons (Fsp3) is 0.273. The number of nitrogens with zero attached hydrogens (tertiary/aromatic N) is 3. The van der Waals surface area contributed by atoms with Crippen LogP contribution in [0.25, 0.3) is 11.4 Å². The zero-order valence-electron chi connectivity index (χ0n) is 9.30. The van der Waals surface area contributed by atoms with Gasteiger partial charge in [0.1, 0.15) is 12.1 Å². The SMILES string of the molecule is CSc1ccc(-c2ncn(CCO)n2)c(F)c1. The van der Waals surface area contributed by atoms with Crippen molar-refractivity contribution in [1.29, 1.82) is 0 Å². The minimum Gasteiger partial charge on any atom is -0.394 e. The largest absolute Gasteiger partial charge is 0.394 e. The van der Waals surface area contributed by atoms with Crippen LogP contribution in [0.15, 0.2) is 29.4 Å². The van der Waals surface area contributed by atoms with Gasteiger partial charge in [0.25, 0.3) is 0 Å². The summed E-state index contributed by atoms with van der Waals surface area (Å²) >= 11 is 1.48. The van der Waals surface area contributed by atoms with Gasteiger partial charge in [-0.15, -0.1) is 11.8 Å². The molecular formula is C11H12FN3OS. The number of hydrogen-bond donors (Lipinski definition) is 1. The molecule has 0 saturated carbocycles. The van der Waals surface area contributed by atoms with Crippen LogP contribution in [0, 0.1) is 5.82 Å². The fourth-order valence-electron chi connectivity index (χ4n) is 1.43. The Labute approximate surface area is 102 Å². The highest BCUT2D eigenvalue weighted by molar-refractivity contribution is 7.98. The molecule has 1 aromatic carbocycles. The topological polar surface area (TPSA) is 50.9 Å². The van der Waals surface area contributed by atoms with Crippen molar-refractivity contribution in [2.24, 2.45) is 0 Å². The van der Waals surface area contributed by atoms with Gasteiger partial charge in [-0.05, 0) is 24.5 Å². The standard InChI is InChI=1S/C11H12FN3OS/c1-17-8-2-3-9(10(12)6-8)11-13-7-15(14-11)4-5-16/h2-3,6-7,16H,4-5H2,1H3. The summed E-state index contributed by atoms with van der Waals surface area (Å²) in [6.45, 7) is 0.341. The van der Waals surface area contributed by atoms with Crippen molar-refractivity contribution < 1.29 is 9.50 Å². The third-order valence-electron chi connectivity index (χ3n) is 2.28. The number of aliphatic hydroxyl groups is 1. The number of aromatic nitrogens is 3. The molecule has 1 aromatic heterocycles. The number of hydrogen-bond acceptors (Lipinski definition) is 4. The molecule has 0 atom stereocenters. The van der Waals surface area contributed by atoms with Gasteiger partial charge in [-0.1, -0.05) is 0 Å². The van der Waals surface area contributed by atoms with Gasteiger partial charge in [-0.3, -0.25) is 4.68 Å². The molecule has 4 nitrogen and oxygen atoms in total. The molecule has 0 bridgehead atoms. The molecular weight excluding hydrogens is 241 g/mol. The van der Waals surface area contributed by atoms with Crippen molar-refractivity contribution in [3.05, 3.63) is 30.3 Å². The second-order valence-electron chi connectivity index (χ2n) is 3.40. The van der Waals surface area contributed by atoms with Gasteiger partial charge in [0.05, 0.1) is 18.7 Å². The minimum atomic E-state index is -0.335. The van der Waals surface area contributed by atoms with E-state index >= 15 is 0 Å². The van der Waals surface area contributed by atoms with Gasteiger partial charge >= 0.3 is 0 Å². The van der Waals surface area contributed by atoms with Crippen LogP contribution in [0.5, 0.6) is 0 Å². The van der Waals surface area contributed by atoms with Gasteiger partial charge in [0.15, 0.2) is 5.82 Å². The van der Waals surface area contributed by atoms with Crippen LogP contribution in [-0.4, -0.2) is 32.7 Å². The van der Waals surface area contributed by atoms with E-state index < -0.39 is 0 Å². The van der Waals surface area contributed by atoms with Crippen molar-refractivity contribution >= 4 is 11.8 Å². The zero-order chi connectivity index (χ0) is 12.3. The lowest BCUT2D eigenvalue weighted by atomic mass is 10.2. The fourth-order valence-corrected chi connectivity index (χ4v) is 1.86. The van der Waals surface area contributed by atoms with E-state index in [9.17, 15) is 4.39 Å². The lowest BCUT2D eigenvalue weighted by Crippen LogP contribution is -2.02. The molecule has 6 heteroatoms. The van der Waals surface area contributed by atoms with E-state index in [0.717, 1.165) is 4.90 Å². The van der Waals surface area contributed by atoms with Crippen LogP contribution in [-0.2, 0) is 6.54 Å². The molecule has 2 rings (SSSR count). The molecule has 0 spiro atoms. The minimum absolute atomic E-state index is 0.0172. The van der Waals surface area contributed by atoms with Crippen molar-refractivity contribution in [2.75, 3.05) is 12.9 Å². The second-order valence-corrected chi connectivity index (χ2v) is 4.28.